The number of hydrogen-bond acceptors (Lipinski definition) is 3. The van der Waals surface area contributed by atoms with Crippen molar-refractivity contribution < 1.29 is 8.81 Å². The fraction of sp³-hybridized carbons (Fsp3) is 0. The van der Waals surface area contributed by atoms with E-state index in [1.54, 1.807) is 0 Å². The zero-order chi connectivity index (χ0) is 10.8. The van der Waals surface area contributed by atoms with Gasteiger partial charge in [0.1, 0.15) is 0 Å². The zero-order valence-corrected chi connectivity index (χ0v) is 9.07. The van der Waals surface area contributed by atoms with Crippen LogP contribution in [0.3, 0.4) is 0 Å². The van der Waals surface area contributed by atoms with Gasteiger partial charge in [-0.25, -0.2) is 0 Å². The van der Waals surface area contributed by atoms with Crippen molar-refractivity contribution in [2.75, 3.05) is 0 Å². The van der Waals surface area contributed by atoms with E-state index in [2.05, 4.69) is 25.3 Å². The molecule has 1 aromatic heterocycles. The molecule has 1 heterocycles. The van der Waals surface area contributed by atoms with Crippen LogP contribution in [0.4, 0.5) is 10.1 Å². The molecule has 0 spiro atoms. The van der Waals surface area contributed by atoms with Gasteiger partial charge in [-0.3, -0.25) is 0 Å². The van der Waals surface area contributed by atoms with Crippen LogP contribution < -0.4 is 5.43 Å². The van der Waals surface area contributed by atoms with Gasteiger partial charge in [-0.1, -0.05) is 0 Å². The van der Waals surface area contributed by atoms with Gasteiger partial charge >= 0.3 is 91.2 Å². The summed E-state index contributed by atoms with van der Waals surface area (Å²) in [7, 11) is 0. The summed E-state index contributed by atoms with van der Waals surface area (Å²) in [4.78, 5) is 15.4. The molecular weight excluding hydrogens is 264 g/mol. The Morgan fingerprint density at radius 1 is 1.47 bits per heavy atom. The minimum atomic E-state index is -0.447. The van der Waals surface area contributed by atoms with Gasteiger partial charge in [-0.15, -0.1) is 0 Å². The molecule has 15 heavy (non-hydrogen) atoms. The molecule has 0 atom stereocenters. The van der Waals surface area contributed by atoms with Gasteiger partial charge in [0.25, 0.3) is 0 Å². The zero-order valence-electron chi connectivity index (χ0n) is 7.36. The minimum absolute atomic E-state index is 0.132. The SMILES string of the molecule is O=c1c(N=C=[Se])coc2cc(F)ccc12. The Balaban J connectivity index is 2.86. The molecule has 74 valence electrons. The topological polar surface area (TPSA) is 42.6 Å². The number of rotatable bonds is 1. The van der Waals surface area contributed by atoms with E-state index in [1.807, 2.05) is 0 Å². The molecule has 0 saturated carbocycles. The molecule has 0 N–H and O–H groups in total. The molecule has 5 heteroatoms. The van der Waals surface area contributed by atoms with Crippen molar-refractivity contribution in [2.24, 2.45) is 4.99 Å². The second kappa shape index (κ2) is 3.91. The van der Waals surface area contributed by atoms with Crippen molar-refractivity contribution in [3.63, 3.8) is 0 Å². The molecule has 0 unspecified atom stereocenters. The van der Waals surface area contributed by atoms with Crippen LogP contribution in [0.15, 0.2) is 38.7 Å². The number of benzene rings is 1. The molecule has 0 radical (unpaired) electrons. The summed E-state index contributed by atoms with van der Waals surface area (Å²) in [6.07, 6.45) is 1.18. The van der Waals surface area contributed by atoms with Crippen molar-refractivity contribution in [3.8, 4) is 0 Å². The average Bonchev–Trinajstić information content (AvgIpc) is 2.22. The first kappa shape index (κ1) is 9.99. The molecule has 0 saturated heterocycles. The summed E-state index contributed by atoms with van der Waals surface area (Å²) < 4.78 is 20.3. The molecule has 0 fully saturated rings. The van der Waals surface area contributed by atoms with Crippen LogP contribution in [-0.2, 0) is 0 Å². The number of nitrogens with zero attached hydrogens (tertiary/aromatic N) is 1. The number of halogens is 1. The van der Waals surface area contributed by atoms with Crippen molar-refractivity contribution in [3.05, 3.63) is 40.5 Å². The molecule has 0 aliphatic carbocycles. The van der Waals surface area contributed by atoms with Gasteiger partial charge in [-0.05, 0) is 0 Å². The second-order valence-corrected chi connectivity index (χ2v) is 3.18. The van der Waals surface area contributed by atoms with Crippen LogP contribution in [-0.4, -0.2) is 20.3 Å². The van der Waals surface area contributed by atoms with Crippen LogP contribution in [0.25, 0.3) is 11.0 Å². The third-order valence-electron chi connectivity index (χ3n) is 1.88. The molecule has 1 aromatic carbocycles. The first-order chi connectivity index (χ1) is 7.22. The first-order valence-corrected chi connectivity index (χ1v) is 4.87. The van der Waals surface area contributed by atoms with E-state index in [4.69, 9.17) is 4.42 Å². The summed E-state index contributed by atoms with van der Waals surface area (Å²) in [5, 5.41) is 0.299. The molecule has 0 bridgehead atoms. The second-order valence-electron chi connectivity index (χ2n) is 2.79. The molecule has 0 amide bonds. The Hall–Kier alpha value is -1.54. The van der Waals surface area contributed by atoms with Gasteiger partial charge in [0.05, 0.1) is 0 Å². The van der Waals surface area contributed by atoms with Gasteiger partial charge < -0.3 is 0 Å². The summed E-state index contributed by atoms with van der Waals surface area (Å²) >= 11 is 2.42. The summed E-state index contributed by atoms with van der Waals surface area (Å²) in [5.41, 5.74) is 0.0332. The van der Waals surface area contributed by atoms with Crippen LogP contribution in [0.1, 0.15) is 0 Å². The van der Waals surface area contributed by atoms with Gasteiger partial charge in [-0.2, -0.15) is 0 Å². The van der Waals surface area contributed by atoms with Gasteiger partial charge in [0.2, 0.25) is 0 Å². The first-order valence-electron chi connectivity index (χ1n) is 4.01. The monoisotopic (exact) mass is 269 g/mol. The molecule has 3 nitrogen and oxygen atoms in total. The van der Waals surface area contributed by atoms with E-state index in [0.717, 1.165) is 6.07 Å². The van der Waals surface area contributed by atoms with Crippen molar-refractivity contribution in [1.29, 1.82) is 0 Å². The van der Waals surface area contributed by atoms with Gasteiger partial charge in [0, 0.05) is 0 Å². The Morgan fingerprint density at radius 3 is 3.00 bits per heavy atom. The Bertz CT molecular complexity index is 629. The molecule has 0 aliphatic heterocycles. The molecule has 2 rings (SSSR count). The van der Waals surface area contributed by atoms with Crippen molar-refractivity contribution in [1.82, 2.24) is 0 Å². The quantitative estimate of drug-likeness (QED) is 0.583. The van der Waals surface area contributed by atoms with E-state index in [1.165, 1.54) is 18.4 Å². The normalized spacial score (nSPS) is 9.93. The third-order valence-corrected chi connectivity index (χ3v) is 2.08. The number of aliphatic imine (C=N–C) groups is 1. The summed E-state index contributed by atoms with van der Waals surface area (Å²) in [6, 6.07) is 3.73. The van der Waals surface area contributed by atoms with Crippen molar-refractivity contribution >= 4 is 36.9 Å². The molecule has 2 aromatic rings. The maximum atomic E-state index is 12.8. The number of fused-ring (bicyclic) bond motifs is 1. The standard InChI is InChI=1S/C10H4FNO2Se/c11-6-1-2-7-9(3-6)14-4-8(10(7)13)12-5-15/h1-4H. The fourth-order valence-electron chi connectivity index (χ4n) is 1.22. The molecule has 0 aliphatic rings. The molecular formula is C10H4FNO2Se. The Kier molecular flexibility index (Phi) is 2.60. The maximum absolute atomic E-state index is 12.8. The summed E-state index contributed by atoms with van der Waals surface area (Å²) in [6.45, 7) is 0. The van der Waals surface area contributed by atoms with E-state index in [0.29, 0.717) is 5.39 Å². The Morgan fingerprint density at radius 2 is 2.27 bits per heavy atom. The van der Waals surface area contributed by atoms with Crippen molar-refractivity contribution in [2.45, 2.75) is 0 Å². The number of hydrogen-bond donors (Lipinski definition) is 0. The van der Waals surface area contributed by atoms with E-state index >= 15 is 0 Å². The van der Waals surface area contributed by atoms with E-state index in [-0.39, 0.29) is 16.7 Å². The van der Waals surface area contributed by atoms with Crippen LogP contribution in [0, 0.1) is 5.82 Å². The Labute approximate surface area is 91.6 Å². The fourth-order valence-corrected chi connectivity index (χ4v) is 1.42. The van der Waals surface area contributed by atoms with Crippen LogP contribution >= 0.6 is 0 Å². The van der Waals surface area contributed by atoms with Gasteiger partial charge in [0.15, 0.2) is 0 Å². The predicted octanol–water partition coefficient (Wildman–Crippen LogP) is 1.64. The third kappa shape index (κ3) is 1.81. The summed E-state index contributed by atoms with van der Waals surface area (Å²) in [5.74, 6) is -0.447. The predicted molar refractivity (Wildman–Crippen MR) is 55.3 cm³/mol. The van der Waals surface area contributed by atoms with Crippen LogP contribution in [0.5, 0.6) is 0 Å². The van der Waals surface area contributed by atoms with E-state index in [9.17, 15) is 9.18 Å². The average molecular weight is 268 g/mol. The van der Waals surface area contributed by atoms with Crippen LogP contribution in [0.2, 0.25) is 0 Å². The van der Waals surface area contributed by atoms with E-state index < -0.39 is 5.82 Å².